The van der Waals surface area contributed by atoms with E-state index >= 15 is 0 Å². The van der Waals surface area contributed by atoms with Crippen molar-refractivity contribution in [2.45, 2.75) is 43.6 Å². The molecular formula is C22H22N4O2S. The van der Waals surface area contributed by atoms with E-state index in [-0.39, 0.29) is 17.5 Å². The average molecular weight is 407 g/mol. The van der Waals surface area contributed by atoms with E-state index < -0.39 is 5.25 Å². The first-order valence-electron chi connectivity index (χ1n) is 9.43. The van der Waals surface area contributed by atoms with Gasteiger partial charge in [0.2, 0.25) is 5.91 Å². The topological polar surface area (TPSA) is 87.8 Å². The summed E-state index contributed by atoms with van der Waals surface area (Å²) >= 11 is 1.27. The molecule has 0 saturated carbocycles. The number of hydrogen-bond donors (Lipinski definition) is 1. The lowest BCUT2D eigenvalue weighted by Crippen LogP contribution is -2.28. The number of carbonyl (C=O) groups is 1. The van der Waals surface area contributed by atoms with Gasteiger partial charge in [-0.05, 0) is 56.7 Å². The minimum Gasteiger partial charge on any atom is -0.325 e. The first-order valence-corrected chi connectivity index (χ1v) is 10.3. The van der Waals surface area contributed by atoms with E-state index in [0.29, 0.717) is 27.3 Å². The summed E-state index contributed by atoms with van der Waals surface area (Å²) < 4.78 is 1.68. The highest BCUT2D eigenvalue weighted by molar-refractivity contribution is 8.00. The predicted molar refractivity (Wildman–Crippen MR) is 116 cm³/mol. The third-order valence-electron chi connectivity index (χ3n) is 4.74. The zero-order valence-corrected chi connectivity index (χ0v) is 17.4. The summed E-state index contributed by atoms with van der Waals surface area (Å²) in [5, 5.41) is 12.4. The molecule has 1 aromatic heterocycles. The minimum absolute atomic E-state index is 0.0316. The molecule has 0 bridgehead atoms. The molecule has 2 atom stereocenters. The van der Waals surface area contributed by atoms with Crippen molar-refractivity contribution in [3.63, 3.8) is 0 Å². The molecule has 3 rings (SSSR count). The van der Waals surface area contributed by atoms with E-state index in [2.05, 4.69) is 10.3 Å². The average Bonchev–Trinajstić information content (AvgIpc) is 2.74. The maximum atomic E-state index is 13.0. The van der Waals surface area contributed by atoms with E-state index in [1.165, 1.54) is 11.8 Å². The van der Waals surface area contributed by atoms with Crippen molar-refractivity contribution in [3.8, 4) is 6.07 Å². The van der Waals surface area contributed by atoms with Crippen molar-refractivity contribution < 1.29 is 4.79 Å². The van der Waals surface area contributed by atoms with E-state index in [4.69, 9.17) is 5.26 Å². The van der Waals surface area contributed by atoms with E-state index in [0.717, 1.165) is 6.42 Å². The second-order valence-electron chi connectivity index (χ2n) is 6.78. The Balaban J connectivity index is 1.88. The molecule has 0 aliphatic heterocycles. The number of hydrogen-bond acceptors (Lipinski definition) is 5. The maximum Gasteiger partial charge on any atom is 0.262 e. The quantitative estimate of drug-likeness (QED) is 0.485. The standard InChI is InChI=1S/C22H22N4O2S/c1-4-14(2)26-21(28)18-7-5-6-8-19(18)25-22(26)29-15(3)20(27)24-17-11-9-16(13-23)10-12-17/h5-12,14-15H,4H2,1-3H3,(H,24,27)/t14-,15+/m0/s1. The Kier molecular flexibility index (Phi) is 6.35. The van der Waals surface area contributed by atoms with Crippen LogP contribution in [0.25, 0.3) is 10.9 Å². The van der Waals surface area contributed by atoms with Gasteiger partial charge in [0.05, 0.1) is 27.8 Å². The molecule has 0 aliphatic rings. The molecule has 0 saturated heterocycles. The number of nitrogens with one attached hydrogen (secondary N) is 1. The summed E-state index contributed by atoms with van der Waals surface area (Å²) in [5.74, 6) is -0.196. The number of thioether (sulfide) groups is 1. The van der Waals surface area contributed by atoms with Crippen LogP contribution in [0.1, 0.15) is 38.8 Å². The van der Waals surface area contributed by atoms with Gasteiger partial charge < -0.3 is 5.32 Å². The molecule has 148 valence electrons. The van der Waals surface area contributed by atoms with Gasteiger partial charge in [-0.3, -0.25) is 14.2 Å². The molecule has 29 heavy (non-hydrogen) atoms. The van der Waals surface area contributed by atoms with Crippen molar-refractivity contribution in [1.29, 1.82) is 5.26 Å². The molecule has 0 aliphatic carbocycles. The number of nitriles is 1. The number of para-hydroxylation sites is 1. The summed E-state index contributed by atoms with van der Waals surface area (Å²) in [6, 6.07) is 16.0. The molecule has 7 heteroatoms. The molecule has 0 spiro atoms. The minimum atomic E-state index is -0.464. The van der Waals surface area contributed by atoms with Crippen molar-refractivity contribution in [3.05, 3.63) is 64.4 Å². The molecule has 1 N–H and O–H groups in total. The highest BCUT2D eigenvalue weighted by atomic mass is 32.2. The van der Waals surface area contributed by atoms with E-state index in [1.807, 2.05) is 38.1 Å². The normalized spacial score (nSPS) is 12.9. The summed E-state index contributed by atoms with van der Waals surface area (Å²) in [6.45, 7) is 5.77. The number of aromatic nitrogens is 2. The van der Waals surface area contributed by atoms with Crippen LogP contribution in [0.15, 0.2) is 58.5 Å². The van der Waals surface area contributed by atoms with Gasteiger partial charge in [0.1, 0.15) is 0 Å². The number of rotatable bonds is 6. The fourth-order valence-electron chi connectivity index (χ4n) is 2.86. The molecule has 1 heterocycles. The highest BCUT2D eigenvalue weighted by Crippen LogP contribution is 2.26. The smallest absolute Gasteiger partial charge is 0.262 e. The number of anilines is 1. The zero-order valence-electron chi connectivity index (χ0n) is 16.5. The molecule has 0 radical (unpaired) electrons. The van der Waals surface area contributed by atoms with Gasteiger partial charge in [-0.1, -0.05) is 30.8 Å². The largest absolute Gasteiger partial charge is 0.325 e. The summed E-state index contributed by atoms with van der Waals surface area (Å²) in [5.41, 5.74) is 1.68. The van der Waals surface area contributed by atoms with Crippen LogP contribution in [-0.2, 0) is 4.79 Å². The third kappa shape index (κ3) is 4.49. The molecule has 3 aromatic rings. The second kappa shape index (κ2) is 8.93. The molecule has 2 aromatic carbocycles. The predicted octanol–water partition coefficient (Wildman–Crippen LogP) is 4.36. The molecule has 1 amide bonds. The Morgan fingerprint density at radius 2 is 1.90 bits per heavy atom. The van der Waals surface area contributed by atoms with Crippen LogP contribution in [0.5, 0.6) is 0 Å². The van der Waals surface area contributed by atoms with Crippen molar-refractivity contribution in [2.24, 2.45) is 0 Å². The Labute approximate surface area is 173 Å². The lowest BCUT2D eigenvalue weighted by Gasteiger charge is -2.20. The first-order chi connectivity index (χ1) is 13.9. The number of amides is 1. The van der Waals surface area contributed by atoms with Gasteiger partial charge in [0.15, 0.2) is 5.16 Å². The maximum absolute atomic E-state index is 13.0. The Hall–Kier alpha value is -3.11. The number of carbonyl (C=O) groups excluding carboxylic acids is 1. The highest BCUT2D eigenvalue weighted by Gasteiger charge is 2.21. The fraction of sp³-hybridized carbons (Fsp3) is 0.273. The second-order valence-corrected chi connectivity index (χ2v) is 8.09. The number of benzene rings is 2. The van der Waals surface area contributed by atoms with Gasteiger partial charge in [-0.15, -0.1) is 0 Å². The van der Waals surface area contributed by atoms with Crippen LogP contribution in [0.4, 0.5) is 5.69 Å². The SMILES string of the molecule is CC[C@H](C)n1c(S[C@H](C)C(=O)Nc2ccc(C#N)cc2)nc2ccccc2c1=O. The van der Waals surface area contributed by atoms with Crippen molar-refractivity contribution in [1.82, 2.24) is 9.55 Å². The molecule has 0 fully saturated rings. The Morgan fingerprint density at radius 3 is 2.55 bits per heavy atom. The summed E-state index contributed by atoms with van der Waals surface area (Å²) in [7, 11) is 0. The lowest BCUT2D eigenvalue weighted by molar-refractivity contribution is -0.115. The monoisotopic (exact) mass is 406 g/mol. The Morgan fingerprint density at radius 1 is 1.21 bits per heavy atom. The third-order valence-corrected chi connectivity index (χ3v) is 5.81. The van der Waals surface area contributed by atoms with Gasteiger partial charge >= 0.3 is 0 Å². The number of nitrogens with zero attached hydrogens (tertiary/aromatic N) is 3. The zero-order chi connectivity index (χ0) is 21.0. The molecular weight excluding hydrogens is 384 g/mol. The van der Waals surface area contributed by atoms with Crippen molar-refractivity contribution in [2.75, 3.05) is 5.32 Å². The van der Waals surface area contributed by atoms with E-state index in [9.17, 15) is 9.59 Å². The van der Waals surface area contributed by atoms with Gasteiger partial charge in [-0.25, -0.2) is 4.98 Å². The van der Waals surface area contributed by atoms with Crippen LogP contribution >= 0.6 is 11.8 Å². The first kappa shape index (κ1) is 20.6. The molecule has 0 unspecified atom stereocenters. The lowest BCUT2D eigenvalue weighted by atomic mass is 10.2. The van der Waals surface area contributed by atoms with Gasteiger partial charge in [-0.2, -0.15) is 5.26 Å². The van der Waals surface area contributed by atoms with Crippen LogP contribution in [0.3, 0.4) is 0 Å². The summed E-state index contributed by atoms with van der Waals surface area (Å²) in [6.07, 6.45) is 0.777. The molecule has 6 nitrogen and oxygen atoms in total. The summed E-state index contributed by atoms with van der Waals surface area (Å²) in [4.78, 5) is 30.4. The van der Waals surface area contributed by atoms with Gasteiger partial charge in [0.25, 0.3) is 5.56 Å². The van der Waals surface area contributed by atoms with Crippen LogP contribution in [-0.4, -0.2) is 20.7 Å². The van der Waals surface area contributed by atoms with Crippen LogP contribution < -0.4 is 10.9 Å². The fourth-order valence-corrected chi connectivity index (χ4v) is 3.87. The Bertz CT molecular complexity index is 1130. The number of fused-ring (bicyclic) bond motifs is 1. The van der Waals surface area contributed by atoms with Gasteiger partial charge in [0, 0.05) is 11.7 Å². The van der Waals surface area contributed by atoms with Crippen molar-refractivity contribution >= 4 is 34.3 Å². The van der Waals surface area contributed by atoms with Crippen LogP contribution in [0.2, 0.25) is 0 Å². The van der Waals surface area contributed by atoms with E-state index in [1.54, 1.807) is 41.8 Å². The van der Waals surface area contributed by atoms with Crippen LogP contribution in [0, 0.1) is 11.3 Å².